The summed E-state index contributed by atoms with van der Waals surface area (Å²) in [6.45, 7) is 5.58. The third kappa shape index (κ3) is 3.97. The van der Waals surface area contributed by atoms with Crippen LogP contribution < -0.4 is 15.5 Å². The Labute approximate surface area is 135 Å². The molecule has 0 bridgehead atoms. The van der Waals surface area contributed by atoms with Crippen LogP contribution in [0.4, 0.5) is 23.1 Å². The van der Waals surface area contributed by atoms with Gasteiger partial charge in [0, 0.05) is 43.1 Å². The van der Waals surface area contributed by atoms with Gasteiger partial charge < -0.3 is 15.5 Å². The Morgan fingerprint density at radius 1 is 1.09 bits per heavy atom. The first kappa shape index (κ1) is 15.3. The highest BCUT2D eigenvalue weighted by Gasteiger charge is 2.15. The largest absolute Gasteiger partial charge is 0.356 e. The molecule has 1 aliphatic rings. The van der Waals surface area contributed by atoms with Gasteiger partial charge in [-0.2, -0.15) is 4.98 Å². The summed E-state index contributed by atoms with van der Waals surface area (Å²) in [4.78, 5) is 22.4. The second-order valence-electron chi connectivity index (χ2n) is 5.77. The van der Waals surface area contributed by atoms with Crippen molar-refractivity contribution in [2.75, 3.05) is 28.6 Å². The molecule has 3 rings (SSSR count). The molecule has 120 valence electrons. The number of amides is 1. The third-order valence-corrected chi connectivity index (χ3v) is 3.73. The first-order valence-electron chi connectivity index (χ1n) is 7.85. The van der Waals surface area contributed by atoms with Crippen molar-refractivity contribution < 1.29 is 4.79 Å². The van der Waals surface area contributed by atoms with E-state index in [0.29, 0.717) is 5.95 Å². The standard InChI is InChI=1S/C17H21N5O/c1-12-11-16(22-9-3-4-10-22)21-17(18-12)20-15-7-5-14(6-8-15)19-13(2)23/h5-8,11H,3-4,9-10H2,1-2H3,(H,19,23)(H,18,20,21). The summed E-state index contributed by atoms with van der Waals surface area (Å²) in [5.74, 6) is 1.49. The van der Waals surface area contributed by atoms with E-state index in [4.69, 9.17) is 0 Å². The smallest absolute Gasteiger partial charge is 0.229 e. The number of aryl methyl sites for hydroxylation is 1. The van der Waals surface area contributed by atoms with Crippen molar-refractivity contribution in [2.45, 2.75) is 26.7 Å². The number of carbonyl (C=O) groups excluding carboxylic acids is 1. The van der Waals surface area contributed by atoms with Crippen LogP contribution in [0.15, 0.2) is 30.3 Å². The predicted molar refractivity (Wildman–Crippen MR) is 92.2 cm³/mol. The van der Waals surface area contributed by atoms with Crippen molar-refractivity contribution in [3.63, 3.8) is 0 Å². The van der Waals surface area contributed by atoms with E-state index in [1.54, 1.807) is 0 Å². The Morgan fingerprint density at radius 3 is 2.39 bits per heavy atom. The van der Waals surface area contributed by atoms with Gasteiger partial charge in [-0.25, -0.2) is 4.98 Å². The molecule has 0 aliphatic carbocycles. The van der Waals surface area contributed by atoms with E-state index in [1.165, 1.54) is 19.8 Å². The van der Waals surface area contributed by atoms with E-state index >= 15 is 0 Å². The molecular formula is C17H21N5O. The highest BCUT2D eigenvalue weighted by Crippen LogP contribution is 2.22. The minimum Gasteiger partial charge on any atom is -0.356 e. The van der Waals surface area contributed by atoms with Gasteiger partial charge in [-0.3, -0.25) is 4.79 Å². The summed E-state index contributed by atoms with van der Waals surface area (Å²) in [5.41, 5.74) is 2.60. The summed E-state index contributed by atoms with van der Waals surface area (Å²) >= 11 is 0. The zero-order valence-electron chi connectivity index (χ0n) is 13.5. The average molecular weight is 311 g/mol. The average Bonchev–Trinajstić information content (AvgIpc) is 3.02. The maximum absolute atomic E-state index is 11.0. The van der Waals surface area contributed by atoms with Crippen molar-refractivity contribution in [3.05, 3.63) is 36.0 Å². The van der Waals surface area contributed by atoms with E-state index in [9.17, 15) is 4.79 Å². The normalized spacial score (nSPS) is 13.9. The number of benzene rings is 1. The molecule has 1 aromatic heterocycles. The second-order valence-corrected chi connectivity index (χ2v) is 5.77. The number of carbonyl (C=O) groups is 1. The molecule has 6 heteroatoms. The van der Waals surface area contributed by atoms with E-state index < -0.39 is 0 Å². The predicted octanol–water partition coefficient (Wildman–Crippen LogP) is 3.09. The van der Waals surface area contributed by atoms with Crippen LogP contribution in [0.3, 0.4) is 0 Å². The van der Waals surface area contributed by atoms with Gasteiger partial charge in [0.05, 0.1) is 0 Å². The quantitative estimate of drug-likeness (QED) is 0.908. The third-order valence-electron chi connectivity index (χ3n) is 3.73. The lowest BCUT2D eigenvalue weighted by Gasteiger charge is -2.17. The van der Waals surface area contributed by atoms with Crippen LogP contribution in [0.1, 0.15) is 25.5 Å². The van der Waals surface area contributed by atoms with Crippen LogP contribution in [0.2, 0.25) is 0 Å². The Hall–Kier alpha value is -2.63. The zero-order chi connectivity index (χ0) is 16.2. The van der Waals surface area contributed by atoms with Gasteiger partial charge in [-0.05, 0) is 44.0 Å². The molecule has 1 aromatic carbocycles. The molecule has 0 spiro atoms. The molecular weight excluding hydrogens is 290 g/mol. The lowest BCUT2D eigenvalue weighted by Crippen LogP contribution is -2.19. The van der Waals surface area contributed by atoms with Crippen LogP contribution in [0.5, 0.6) is 0 Å². The maximum atomic E-state index is 11.0. The van der Waals surface area contributed by atoms with Crippen LogP contribution in [0.25, 0.3) is 0 Å². The number of anilines is 4. The minimum absolute atomic E-state index is 0.0806. The molecule has 1 fully saturated rings. The Bertz CT molecular complexity index is 693. The zero-order valence-corrected chi connectivity index (χ0v) is 13.5. The van der Waals surface area contributed by atoms with Crippen LogP contribution in [-0.4, -0.2) is 29.0 Å². The molecule has 0 radical (unpaired) electrons. The van der Waals surface area contributed by atoms with E-state index in [0.717, 1.165) is 36.0 Å². The molecule has 0 atom stereocenters. The number of nitrogens with zero attached hydrogens (tertiary/aromatic N) is 3. The Balaban J connectivity index is 1.75. The molecule has 1 amide bonds. The minimum atomic E-state index is -0.0806. The van der Waals surface area contributed by atoms with Gasteiger partial charge in [0.25, 0.3) is 0 Å². The molecule has 2 heterocycles. The number of aromatic nitrogens is 2. The van der Waals surface area contributed by atoms with Crippen LogP contribution in [0, 0.1) is 6.92 Å². The number of nitrogens with one attached hydrogen (secondary N) is 2. The topological polar surface area (TPSA) is 70.2 Å². The fourth-order valence-electron chi connectivity index (χ4n) is 2.69. The SMILES string of the molecule is CC(=O)Nc1ccc(Nc2nc(C)cc(N3CCCC3)n2)cc1. The van der Waals surface area contributed by atoms with Gasteiger partial charge >= 0.3 is 0 Å². The summed E-state index contributed by atoms with van der Waals surface area (Å²) in [6.07, 6.45) is 2.44. The highest BCUT2D eigenvalue weighted by molar-refractivity contribution is 5.88. The summed E-state index contributed by atoms with van der Waals surface area (Å²) < 4.78 is 0. The second kappa shape index (κ2) is 6.64. The first-order valence-corrected chi connectivity index (χ1v) is 7.85. The molecule has 6 nitrogen and oxygen atoms in total. The number of rotatable bonds is 4. The first-order chi connectivity index (χ1) is 11.1. The summed E-state index contributed by atoms with van der Waals surface area (Å²) in [6, 6.07) is 9.51. The Morgan fingerprint density at radius 2 is 1.74 bits per heavy atom. The molecule has 2 aromatic rings. The monoisotopic (exact) mass is 311 g/mol. The fraction of sp³-hybridized carbons (Fsp3) is 0.353. The number of hydrogen-bond donors (Lipinski definition) is 2. The van der Waals surface area contributed by atoms with Gasteiger partial charge in [0.2, 0.25) is 11.9 Å². The van der Waals surface area contributed by atoms with Crippen molar-refractivity contribution in [3.8, 4) is 0 Å². The van der Waals surface area contributed by atoms with Gasteiger partial charge in [-0.1, -0.05) is 0 Å². The molecule has 2 N–H and O–H groups in total. The van der Waals surface area contributed by atoms with Crippen molar-refractivity contribution in [1.82, 2.24) is 9.97 Å². The van der Waals surface area contributed by atoms with Crippen molar-refractivity contribution >= 4 is 29.0 Å². The van der Waals surface area contributed by atoms with Crippen LogP contribution in [-0.2, 0) is 4.79 Å². The Kier molecular flexibility index (Phi) is 4.41. The van der Waals surface area contributed by atoms with Gasteiger partial charge in [0.1, 0.15) is 5.82 Å². The fourth-order valence-corrected chi connectivity index (χ4v) is 2.69. The summed E-state index contributed by atoms with van der Waals surface area (Å²) in [5, 5.41) is 5.97. The number of hydrogen-bond acceptors (Lipinski definition) is 5. The van der Waals surface area contributed by atoms with Crippen molar-refractivity contribution in [1.29, 1.82) is 0 Å². The summed E-state index contributed by atoms with van der Waals surface area (Å²) in [7, 11) is 0. The molecule has 1 saturated heterocycles. The molecule has 0 saturated carbocycles. The van der Waals surface area contributed by atoms with E-state index in [1.807, 2.05) is 37.3 Å². The lowest BCUT2D eigenvalue weighted by atomic mass is 10.3. The lowest BCUT2D eigenvalue weighted by molar-refractivity contribution is -0.114. The van der Waals surface area contributed by atoms with Gasteiger partial charge in [0.15, 0.2) is 0 Å². The van der Waals surface area contributed by atoms with Gasteiger partial charge in [-0.15, -0.1) is 0 Å². The molecule has 1 aliphatic heterocycles. The van der Waals surface area contributed by atoms with E-state index in [2.05, 4.69) is 25.5 Å². The van der Waals surface area contributed by atoms with E-state index in [-0.39, 0.29) is 5.91 Å². The molecule has 23 heavy (non-hydrogen) atoms. The maximum Gasteiger partial charge on any atom is 0.229 e. The molecule has 0 unspecified atom stereocenters. The highest BCUT2D eigenvalue weighted by atomic mass is 16.1. The van der Waals surface area contributed by atoms with Crippen LogP contribution >= 0.6 is 0 Å². The van der Waals surface area contributed by atoms with Crippen molar-refractivity contribution in [2.24, 2.45) is 0 Å².